The lowest BCUT2D eigenvalue weighted by molar-refractivity contribution is -0.0851. The lowest BCUT2D eigenvalue weighted by Gasteiger charge is -2.49. The first kappa shape index (κ1) is 25.7. The molecule has 3 aromatic rings. The first-order valence-corrected chi connectivity index (χ1v) is 14.5. The zero-order valence-corrected chi connectivity index (χ0v) is 22.1. The van der Waals surface area contributed by atoms with Crippen molar-refractivity contribution in [2.45, 2.75) is 61.1 Å². The lowest BCUT2D eigenvalue weighted by atomic mass is 9.75. The van der Waals surface area contributed by atoms with Gasteiger partial charge in [0.25, 0.3) is 10.0 Å². The van der Waals surface area contributed by atoms with E-state index < -0.39 is 15.6 Å². The number of aliphatic hydroxyl groups is 1. The number of sulfonamides is 1. The predicted octanol–water partition coefficient (Wildman–Crippen LogP) is 4.58. The molecule has 1 N–H and O–H groups in total. The maximum Gasteiger partial charge on any atom is 0.264 e. The lowest BCUT2D eigenvalue weighted by Crippen LogP contribution is -2.57. The summed E-state index contributed by atoms with van der Waals surface area (Å²) in [5, 5.41) is 11.8. The highest BCUT2D eigenvalue weighted by molar-refractivity contribution is 7.92. The number of pyridine rings is 1. The summed E-state index contributed by atoms with van der Waals surface area (Å²) in [6.45, 7) is 1.44. The second kappa shape index (κ2) is 10.8. The molecule has 0 amide bonds. The number of piperidine rings is 1. The molecule has 7 nitrogen and oxygen atoms in total. The zero-order chi connectivity index (χ0) is 25.9. The second-order valence-corrected chi connectivity index (χ2v) is 11.8. The first-order valence-electron chi connectivity index (χ1n) is 13.0. The van der Waals surface area contributed by atoms with E-state index in [-0.39, 0.29) is 17.0 Å². The van der Waals surface area contributed by atoms with Gasteiger partial charge in [-0.05, 0) is 68.1 Å². The molecule has 0 spiro atoms. The van der Waals surface area contributed by atoms with E-state index in [1.165, 1.54) is 0 Å². The Hall–Kier alpha value is -2.94. The van der Waals surface area contributed by atoms with Crippen molar-refractivity contribution >= 4 is 15.7 Å². The van der Waals surface area contributed by atoms with E-state index in [0.29, 0.717) is 30.7 Å². The summed E-state index contributed by atoms with van der Waals surface area (Å²) in [7, 11) is -2.22. The van der Waals surface area contributed by atoms with Gasteiger partial charge in [0.15, 0.2) is 0 Å². The minimum absolute atomic E-state index is 0.00484. The van der Waals surface area contributed by atoms with Crippen LogP contribution in [-0.4, -0.2) is 55.7 Å². The van der Waals surface area contributed by atoms with Crippen LogP contribution in [0.5, 0.6) is 5.75 Å². The van der Waals surface area contributed by atoms with Gasteiger partial charge in [-0.15, -0.1) is 0 Å². The van der Waals surface area contributed by atoms with Gasteiger partial charge in [-0.1, -0.05) is 37.1 Å². The SMILES string of the molecule is COc1ccc(S(=O)(=O)N(c2ccccc2)C2CCN([C@@H]3CCCC[C@]3(O)c3cccnc3)CC2)cc1. The molecule has 1 aromatic heterocycles. The highest BCUT2D eigenvalue weighted by Crippen LogP contribution is 2.41. The quantitative estimate of drug-likeness (QED) is 0.490. The van der Waals surface area contributed by atoms with Crippen LogP contribution < -0.4 is 9.04 Å². The van der Waals surface area contributed by atoms with Crippen molar-refractivity contribution in [1.29, 1.82) is 0 Å². The highest BCUT2D eigenvalue weighted by atomic mass is 32.2. The fourth-order valence-electron chi connectivity index (χ4n) is 5.99. The van der Waals surface area contributed by atoms with Crippen molar-refractivity contribution in [3.05, 3.63) is 84.7 Å². The molecule has 2 aliphatic rings. The Bertz CT molecular complexity index is 1260. The van der Waals surface area contributed by atoms with Gasteiger partial charge in [-0.25, -0.2) is 8.42 Å². The normalized spacial score (nSPS) is 23.5. The van der Waals surface area contributed by atoms with Crippen LogP contribution in [0.2, 0.25) is 0 Å². The third-order valence-corrected chi connectivity index (χ3v) is 9.79. The molecule has 37 heavy (non-hydrogen) atoms. The fourth-order valence-corrected chi connectivity index (χ4v) is 7.70. The van der Waals surface area contributed by atoms with Crippen LogP contribution >= 0.6 is 0 Å². The first-order chi connectivity index (χ1) is 17.9. The van der Waals surface area contributed by atoms with Crippen molar-refractivity contribution in [3.63, 3.8) is 0 Å². The van der Waals surface area contributed by atoms with Gasteiger partial charge in [0.1, 0.15) is 11.4 Å². The van der Waals surface area contributed by atoms with Gasteiger partial charge >= 0.3 is 0 Å². The minimum Gasteiger partial charge on any atom is -0.497 e. The molecule has 1 aliphatic heterocycles. The van der Waals surface area contributed by atoms with Gasteiger partial charge in [0, 0.05) is 43.1 Å². The highest BCUT2D eigenvalue weighted by Gasteiger charge is 2.45. The van der Waals surface area contributed by atoms with Gasteiger partial charge in [0.05, 0.1) is 17.7 Å². The fraction of sp³-hybridized carbons (Fsp3) is 0.414. The van der Waals surface area contributed by atoms with Crippen molar-refractivity contribution in [1.82, 2.24) is 9.88 Å². The van der Waals surface area contributed by atoms with Crippen LogP contribution in [0.1, 0.15) is 44.1 Å². The van der Waals surface area contributed by atoms with Crippen LogP contribution in [0.25, 0.3) is 0 Å². The number of rotatable bonds is 7. The Labute approximate surface area is 219 Å². The molecule has 5 rings (SSSR count). The number of para-hydroxylation sites is 1. The maximum absolute atomic E-state index is 13.9. The third-order valence-electron chi connectivity index (χ3n) is 7.90. The topological polar surface area (TPSA) is 83.0 Å². The summed E-state index contributed by atoms with van der Waals surface area (Å²) in [5.41, 5.74) is 0.601. The van der Waals surface area contributed by atoms with Crippen LogP contribution in [0, 0.1) is 0 Å². The van der Waals surface area contributed by atoms with Gasteiger partial charge in [-0.2, -0.15) is 0 Å². The molecule has 2 atom stereocenters. The molecular weight excluding hydrogens is 486 g/mol. The predicted molar refractivity (Wildman–Crippen MR) is 144 cm³/mol. The van der Waals surface area contributed by atoms with Crippen LogP contribution in [0.4, 0.5) is 5.69 Å². The Morgan fingerprint density at radius 2 is 1.70 bits per heavy atom. The van der Waals surface area contributed by atoms with Crippen LogP contribution in [0.3, 0.4) is 0 Å². The number of hydrogen-bond acceptors (Lipinski definition) is 6. The van der Waals surface area contributed by atoms with Crippen molar-refractivity contribution in [3.8, 4) is 5.75 Å². The van der Waals surface area contributed by atoms with E-state index in [2.05, 4.69) is 9.88 Å². The molecule has 1 saturated carbocycles. The molecule has 0 bridgehead atoms. The monoisotopic (exact) mass is 521 g/mol. The molecule has 2 fully saturated rings. The average Bonchev–Trinajstić information content (AvgIpc) is 2.95. The molecule has 2 heterocycles. The Kier molecular flexibility index (Phi) is 7.51. The van der Waals surface area contributed by atoms with Gasteiger partial charge in [-0.3, -0.25) is 14.2 Å². The molecule has 1 saturated heterocycles. The summed E-state index contributed by atoms with van der Waals surface area (Å²) < 4.78 is 34.7. The maximum atomic E-state index is 13.9. The number of hydrogen-bond donors (Lipinski definition) is 1. The number of likely N-dealkylation sites (tertiary alicyclic amines) is 1. The van der Waals surface area contributed by atoms with E-state index in [4.69, 9.17) is 4.74 Å². The minimum atomic E-state index is -3.79. The smallest absolute Gasteiger partial charge is 0.264 e. The standard InChI is InChI=1S/C29H35N3O4S/c1-36-26-12-14-27(15-13-26)37(34,35)32(24-9-3-2-4-10-24)25-16-20-31(21-17-25)28-11-5-6-18-29(28,33)23-8-7-19-30-22-23/h2-4,7-10,12-15,19,22,25,28,33H,5-6,11,16-18,20-21H2,1H3/t28-,29+/m1/s1. The number of nitrogens with zero attached hydrogens (tertiary/aromatic N) is 3. The number of ether oxygens (including phenoxy) is 1. The Balaban J connectivity index is 1.39. The van der Waals surface area contributed by atoms with Crippen molar-refractivity contribution < 1.29 is 18.3 Å². The summed E-state index contributed by atoms with van der Waals surface area (Å²) >= 11 is 0. The summed E-state index contributed by atoms with van der Waals surface area (Å²) in [5.74, 6) is 0.618. The zero-order valence-electron chi connectivity index (χ0n) is 21.2. The number of benzene rings is 2. The van der Waals surface area contributed by atoms with Crippen LogP contribution in [0.15, 0.2) is 84.0 Å². The van der Waals surface area contributed by atoms with Crippen molar-refractivity contribution in [2.24, 2.45) is 0 Å². The molecular formula is C29H35N3O4S. The molecule has 196 valence electrons. The molecule has 0 unspecified atom stereocenters. The molecule has 2 aromatic carbocycles. The second-order valence-electron chi connectivity index (χ2n) is 10.0. The van der Waals surface area contributed by atoms with Crippen molar-refractivity contribution in [2.75, 3.05) is 24.5 Å². The van der Waals surface area contributed by atoms with Gasteiger partial charge < -0.3 is 9.84 Å². The molecule has 1 aliphatic carbocycles. The molecule has 0 radical (unpaired) electrons. The van der Waals surface area contributed by atoms with E-state index >= 15 is 0 Å². The van der Waals surface area contributed by atoms with E-state index in [9.17, 15) is 13.5 Å². The Morgan fingerprint density at radius 1 is 0.973 bits per heavy atom. The summed E-state index contributed by atoms with van der Waals surface area (Å²) in [6.07, 6.45) is 8.58. The Morgan fingerprint density at radius 3 is 2.35 bits per heavy atom. The van der Waals surface area contributed by atoms with E-state index in [1.54, 1.807) is 48.1 Å². The van der Waals surface area contributed by atoms with E-state index in [0.717, 1.165) is 37.9 Å². The van der Waals surface area contributed by atoms with Crippen LogP contribution in [-0.2, 0) is 15.6 Å². The van der Waals surface area contributed by atoms with E-state index in [1.807, 2.05) is 42.5 Å². The number of aromatic nitrogens is 1. The third kappa shape index (κ3) is 5.10. The number of anilines is 1. The average molecular weight is 522 g/mol. The largest absolute Gasteiger partial charge is 0.497 e. The number of methoxy groups -OCH3 is 1. The van der Waals surface area contributed by atoms with Gasteiger partial charge in [0.2, 0.25) is 0 Å². The summed E-state index contributed by atoms with van der Waals surface area (Å²) in [6, 6.07) is 19.6. The molecule has 8 heteroatoms. The summed E-state index contributed by atoms with van der Waals surface area (Å²) in [4.78, 5) is 6.88.